The van der Waals surface area contributed by atoms with Crippen molar-refractivity contribution in [3.8, 4) is 0 Å². The summed E-state index contributed by atoms with van der Waals surface area (Å²) in [6, 6.07) is 0.301. The third kappa shape index (κ3) is 4.96. The molecule has 3 nitrogen and oxygen atoms in total. The number of hydrogen-bond acceptors (Lipinski definition) is 3. The molecule has 0 amide bonds. The zero-order valence-corrected chi connectivity index (χ0v) is 10.2. The Balaban J connectivity index is 2.04. The predicted molar refractivity (Wildman–Crippen MR) is 63.8 cm³/mol. The van der Waals surface area contributed by atoms with Crippen molar-refractivity contribution in [1.82, 2.24) is 5.32 Å². The second kappa shape index (κ2) is 7.20. The first-order valence-corrected chi connectivity index (χ1v) is 6.28. The molecule has 0 aromatic heterocycles. The van der Waals surface area contributed by atoms with Crippen LogP contribution in [0.5, 0.6) is 0 Å². The Morgan fingerprint density at radius 1 is 1.40 bits per heavy atom. The Labute approximate surface area is 93.8 Å². The van der Waals surface area contributed by atoms with E-state index in [2.05, 4.69) is 19.2 Å². The van der Waals surface area contributed by atoms with Gasteiger partial charge in [-0.2, -0.15) is 0 Å². The van der Waals surface area contributed by atoms with Crippen molar-refractivity contribution >= 4 is 0 Å². The molecule has 0 aromatic carbocycles. The van der Waals surface area contributed by atoms with E-state index < -0.39 is 0 Å². The first-order chi connectivity index (χ1) is 7.24. The van der Waals surface area contributed by atoms with Crippen molar-refractivity contribution in [1.29, 1.82) is 0 Å². The molecule has 0 radical (unpaired) electrons. The van der Waals surface area contributed by atoms with Crippen LogP contribution >= 0.6 is 0 Å². The Morgan fingerprint density at radius 3 is 2.67 bits per heavy atom. The van der Waals surface area contributed by atoms with Crippen LogP contribution in [-0.4, -0.2) is 32.3 Å². The van der Waals surface area contributed by atoms with E-state index >= 15 is 0 Å². The maximum absolute atomic E-state index is 6.06. The maximum Gasteiger partial charge on any atom is 0.0469 e. The second-order valence-corrected chi connectivity index (χ2v) is 4.76. The lowest BCUT2D eigenvalue weighted by Crippen LogP contribution is -2.40. The molecule has 2 atom stereocenters. The molecular formula is C12H26N2O. The van der Waals surface area contributed by atoms with Gasteiger partial charge >= 0.3 is 0 Å². The third-order valence-electron chi connectivity index (χ3n) is 3.53. The van der Waals surface area contributed by atoms with Gasteiger partial charge in [0, 0.05) is 25.8 Å². The van der Waals surface area contributed by atoms with Gasteiger partial charge in [-0.1, -0.05) is 20.3 Å². The van der Waals surface area contributed by atoms with Gasteiger partial charge in [0.1, 0.15) is 0 Å². The quantitative estimate of drug-likeness (QED) is 0.702. The maximum atomic E-state index is 6.06. The predicted octanol–water partition coefficient (Wildman–Crippen LogP) is 1.38. The fourth-order valence-corrected chi connectivity index (χ4v) is 1.91. The summed E-state index contributed by atoms with van der Waals surface area (Å²) in [4.78, 5) is 0. The Bertz CT molecular complexity index is 156. The van der Waals surface area contributed by atoms with Gasteiger partial charge in [0.2, 0.25) is 0 Å². The molecule has 0 bridgehead atoms. The van der Waals surface area contributed by atoms with E-state index in [1.54, 1.807) is 0 Å². The molecule has 90 valence electrons. The van der Waals surface area contributed by atoms with Crippen LogP contribution in [0, 0.1) is 11.8 Å². The van der Waals surface area contributed by atoms with Crippen LogP contribution < -0.4 is 11.1 Å². The molecule has 1 unspecified atom stereocenters. The van der Waals surface area contributed by atoms with Crippen molar-refractivity contribution in [3.63, 3.8) is 0 Å². The van der Waals surface area contributed by atoms with Crippen LogP contribution in [0.15, 0.2) is 0 Å². The largest absolute Gasteiger partial charge is 0.381 e. The summed E-state index contributed by atoms with van der Waals surface area (Å²) >= 11 is 0. The molecule has 1 rings (SSSR count). The molecule has 1 fully saturated rings. The molecule has 0 aliphatic carbocycles. The van der Waals surface area contributed by atoms with Crippen LogP contribution in [0.25, 0.3) is 0 Å². The minimum atomic E-state index is 0.301. The molecule has 3 heteroatoms. The van der Waals surface area contributed by atoms with Gasteiger partial charge in [0.05, 0.1) is 0 Å². The number of nitrogens with two attached hydrogens (primary N) is 1. The summed E-state index contributed by atoms with van der Waals surface area (Å²) in [6.07, 6.45) is 3.57. The van der Waals surface area contributed by atoms with Crippen LogP contribution in [0.1, 0.15) is 33.1 Å². The van der Waals surface area contributed by atoms with Gasteiger partial charge in [-0.15, -0.1) is 0 Å². The van der Waals surface area contributed by atoms with Crippen molar-refractivity contribution in [2.75, 3.05) is 26.3 Å². The van der Waals surface area contributed by atoms with E-state index in [1.165, 1.54) is 19.3 Å². The molecular weight excluding hydrogens is 188 g/mol. The zero-order valence-electron chi connectivity index (χ0n) is 10.2. The Hall–Kier alpha value is -0.120. The molecule has 0 spiro atoms. The summed E-state index contributed by atoms with van der Waals surface area (Å²) < 4.78 is 5.33. The highest BCUT2D eigenvalue weighted by atomic mass is 16.5. The first kappa shape index (κ1) is 12.9. The third-order valence-corrected chi connectivity index (χ3v) is 3.53. The van der Waals surface area contributed by atoms with Crippen LogP contribution in [-0.2, 0) is 4.74 Å². The Morgan fingerprint density at radius 2 is 2.07 bits per heavy atom. The minimum Gasteiger partial charge on any atom is -0.381 e. The monoisotopic (exact) mass is 214 g/mol. The summed E-state index contributed by atoms with van der Waals surface area (Å²) in [5.74, 6) is 1.41. The van der Waals surface area contributed by atoms with Crippen molar-refractivity contribution < 1.29 is 4.74 Å². The second-order valence-electron chi connectivity index (χ2n) is 4.76. The minimum absolute atomic E-state index is 0.301. The molecule has 1 saturated heterocycles. The highest BCUT2D eigenvalue weighted by molar-refractivity contribution is 4.73. The average Bonchev–Trinajstić information content (AvgIpc) is 2.29. The molecule has 15 heavy (non-hydrogen) atoms. The van der Waals surface area contributed by atoms with Gasteiger partial charge in [-0.05, 0) is 31.2 Å². The van der Waals surface area contributed by atoms with E-state index in [0.717, 1.165) is 32.2 Å². The van der Waals surface area contributed by atoms with E-state index in [4.69, 9.17) is 10.5 Å². The zero-order chi connectivity index (χ0) is 11.1. The fourth-order valence-electron chi connectivity index (χ4n) is 1.91. The lowest BCUT2D eigenvalue weighted by atomic mass is 9.98. The standard InChI is InChI=1S/C12H26N2O/c1-3-10(2)12(13)9-14-8-11-4-6-15-7-5-11/h10-12,14H,3-9,13H2,1-2H3/t10?,12-/m1/s1. The fraction of sp³-hybridized carbons (Fsp3) is 1.00. The summed E-state index contributed by atoms with van der Waals surface area (Å²) in [6.45, 7) is 8.34. The number of ether oxygens (including phenoxy) is 1. The normalized spacial score (nSPS) is 22.6. The lowest BCUT2D eigenvalue weighted by molar-refractivity contribution is 0.0661. The van der Waals surface area contributed by atoms with Crippen LogP contribution in [0.3, 0.4) is 0 Å². The average molecular weight is 214 g/mol. The van der Waals surface area contributed by atoms with Crippen LogP contribution in [0.4, 0.5) is 0 Å². The highest BCUT2D eigenvalue weighted by Crippen LogP contribution is 2.13. The van der Waals surface area contributed by atoms with E-state index in [-0.39, 0.29) is 0 Å². The van der Waals surface area contributed by atoms with Crippen molar-refractivity contribution in [3.05, 3.63) is 0 Å². The number of nitrogens with one attached hydrogen (secondary N) is 1. The lowest BCUT2D eigenvalue weighted by Gasteiger charge is -2.24. The summed E-state index contributed by atoms with van der Waals surface area (Å²) in [5, 5.41) is 3.49. The van der Waals surface area contributed by atoms with Gasteiger partial charge in [0.25, 0.3) is 0 Å². The SMILES string of the molecule is CCC(C)[C@H](N)CNCC1CCOCC1. The van der Waals surface area contributed by atoms with E-state index in [1.807, 2.05) is 0 Å². The van der Waals surface area contributed by atoms with Gasteiger partial charge in [-0.3, -0.25) is 0 Å². The molecule has 3 N–H and O–H groups in total. The molecule has 1 aliphatic rings. The molecule has 1 aliphatic heterocycles. The molecule has 0 aromatic rings. The number of hydrogen-bond donors (Lipinski definition) is 2. The van der Waals surface area contributed by atoms with Crippen LogP contribution in [0.2, 0.25) is 0 Å². The number of rotatable bonds is 6. The van der Waals surface area contributed by atoms with Crippen molar-refractivity contribution in [2.24, 2.45) is 17.6 Å². The smallest absolute Gasteiger partial charge is 0.0469 e. The summed E-state index contributed by atoms with van der Waals surface area (Å²) in [5.41, 5.74) is 6.06. The Kier molecular flexibility index (Phi) is 6.22. The van der Waals surface area contributed by atoms with Crippen molar-refractivity contribution in [2.45, 2.75) is 39.2 Å². The van der Waals surface area contributed by atoms with E-state index in [0.29, 0.717) is 12.0 Å². The van der Waals surface area contributed by atoms with Gasteiger partial charge in [-0.25, -0.2) is 0 Å². The molecule has 1 heterocycles. The molecule has 0 saturated carbocycles. The topological polar surface area (TPSA) is 47.3 Å². The van der Waals surface area contributed by atoms with Gasteiger partial charge < -0.3 is 15.8 Å². The highest BCUT2D eigenvalue weighted by Gasteiger charge is 2.14. The van der Waals surface area contributed by atoms with Gasteiger partial charge in [0.15, 0.2) is 0 Å². The first-order valence-electron chi connectivity index (χ1n) is 6.28. The summed E-state index contributed by atoms with van der Waals surface area (Å²) in [7, 11) is 0. The van der Waals surface area contributed by atoms with E-state index in [9.17, 15) is 0 Å².